The van der Waals surface area contributed by atoms with Gasteiger partial charge < -0.3 is 4.90 Å². The summed E-state index contributed by atoms with van der Waals surface area (Å²) >= 11 is 1.01. The van der Waals surface area contributed by atoms with Crippen LogP contribution in [0.5, 0.6) is 0 Å². The largest absolute Gasteiger partial charge is 0.341 e. The van der Waals surface area contributed by atoms with Crippen LogP contribution in [0.4, 0.5) is 5.95 Å². The van der Waals surface area contributed by atoms with E-state index in [1.54, 1.807) is 18.3 Å². The molecule has 0 spiro atoms. The normalized spacial score (nSPS) is 21.7. The molecule has 2 aliphatic heterocycles. The Kier molecular flexibility index (Phi) is 3.33. The van der Waals surface area contributed by atoms with Crippen molar-refractivity contribution in [2.24, 2.45) is 0 Å². The van der Waals surface area contributed by atoms with Gasteiger partial charge in [-0.25, -0.2) is 9.97 Å². The molecule has 0 N–H and O–H groups in total. The third kappa shape index (κ3) is 2.68. The lowest BCUT2D eigenvalue weighted by Crippen LogP contribution is -2.20. The quantitative estimate of drug-likeness (QED) is 0.604. The molecular weight excluding hydrogens is 262 g/mol. The van der Waals surface area contributed by atoms with E-state index in [0.29, 0.717) is 16.5 Å². The zero-order valence-electron chi connectivity index (χ0n) is 10.3. The molecule has 0 aliphatic carbocycles. The summed E-state index contributed by atoms with van der Waals surface area (Å²) in [5.74, 6) is 0.588. The standard InChI is InChI=1S/C13H13N3O2S/c17-10-8-12(18)19-11(10)7-9-3-4-14-13(15-9)16-5-1-2-6-16/h3-4,7H,1-2,5-6,8H2. The van der Waals surface area contributed by atoms with Crippen molar-refractivity contribution in [3.05, 3.63) is 22.9 Å². The van der Waals surface area contributed by atoms with Gasteiger partial charge in [0.1, 0.15) is 0 Å². The van der Waals surface area contributed by atoms with E-state index < -0.39 is 0 Å². The van der Waals surface area contributed by atoms with Crippen molar-refractivity contribution < 1.29 is 9.59 Å². The maximum atomic E-state index is 11.6. The number of thioether (sulfide) groups is 1. The molecule has 0 unspecified atom stereocenters. The molecule has 2 saturated heterocycles. The molecule has 3 rings (SSSR count). The monoisotopic (exact) mass is 275 g/mol. The zero-order chi connectivity index (χ0) is 13.2. The highest BCUT2D eigenvalue weighted by Crippen LogP contribution is 2.30. The number of ketones is 1. The fourth-order valence-corrected chi connectivity index (χ4v) is 3.00. The fourth-order valence-electron chi connectivity index (χ4n) is 2.19. The first kappa shape index (κ1) is 12.3. The highest BCUT2D eigenvalue weighted by molar-refractivity contribution is 8.18. The third-order valence-corrected chi connectivity index (χ3v) is 4.07. The average molecular weight is 275 g/mol. The number of aromatic nitrogens is 2. The maximum Gasteiger partial charge on any atom is 0.225 e. The Morgan fingerprint density at radius 3 is 2.74 bits per heavy atom. The summed E-state index contributed by atoms with van der Waals surface area (Å²) < 4.78 is 0. The van der Waals surface area contributed by atoms with Crippen molar-refractivity contribution in [3.63, 3.8) is 0 Å². The van der Waals surface area contributed by atoms with Crippen LogP contribution in [0.1, 0.15) is 25.0 Å². The number of allylic oxidation sites excluding steroid dienone is 1. The molecule has 0 bridgehead atoms. The molecule has 0 amide bonds. The predicted octanol–water partition coefficient (Wildman–Crippen LogP) is 1.65. The highest BCUT2D eigenvalue weighted by Gasteiger charge is 2.26. The van der Waals surface area contributed by atoms with Crippen LogP contribution in [0.3, 0.4) is 0 Å². The summed E-state index contributed by atoms with van der Waals surface area (Å²) in [7, 11) is 0. The van der Waals surface area contributed by atoms with Crippen LogP contribution in [0.2, 0.25) is 0 Å². The molecule has 2 aliphatic rings. The molecule has 0 aromatic carbocycles. The minimum atomic E-state index is -0.115. The van der Waals surface area contributed by atoms with Gasteiger partial charge in [0.25, 0.3) is 0 Å². The molecular formula is C13H13N3O2S. The minimum absolute atomic E-state index is 0.000561. The maximum absolute atomic E-state index is 11.6. The van der Waals surface area contributed by atoms with Crippen molar-refractivity contribution >= 4 is 34.7 Å². The number of nitrogens with zero attached hydrogens (tertiary/aromatic N) is 3. The molecule has 1 aromatic heterocycles. The second-order valence-electron chi connectivity index (χ2n) is 4.56. The lowest BCUT2D eigenvalue weighted by atomic mass is 10.2. The predicted molar refractivity (Wildman–Crippen MR) is 73.7 cm³/mol. The fraction of sp³-hybridized carbons (Fsp3) is 0.385. The van der Waals surface area contributed by atoms with Crippen LogP contribution in [0.25, 0.3) is 6.08 Å². The van der Waals surface area contributed by atoms with Gasteiger partial charge in [-0.1, -0.05) is 0 Å². The Labute approximate surface area is 115 Å². The number of hydrogen-bond donors (Lipinski definition) is 0. The van der Waals surface area contributed by atoms with Crippen molar-refractivity contribution in [1.29, 1.82) is 0 Å². The Morgan fingerprint density at radius 2 is 2.05 bits per heavy atom. The van der Waals surface area contributed by atoms with Crippen LogP contribution in [0.15, 0.2) is 17.2 Å². The lowest BCUT2D eigenvalue weighted by Gasteiger charge is -2.14. The molecule has 19 heavy (non-hydrogen) atoms. The van der Waals surface area contributed by atoms with Gasteiger partial charge in [0, 0.05) is 19.3 Å². The Hall–Kier alpha value is -1.69. The van der Waals surface area contributed by atoms with Crippen LogP contribution < -0.4 is 4.90 Å². The van der Waals surface area contributed by atoms with Crippen LogP contribution >= 0.6 is 11.8 Å². The van der Waals surface area contributed by atoms with E-state index in [-0.39, 0.29) is 17.3 Å². The summed E-state index contributed by atoms with van der Waals surface area (Å²) in [6.07, 6.45) is 5.70. The SMILES string of the molecule is O=C1CC(=O)C(=Cc2ccnc(N3CCCC3)n2)S1. The number of Topliss-reactive ketones (excluding diaryl/α,β-unsaturated/α-hetero) is 1. The van der Waals surface area contributed by atoms with Crippen molar-refractivity contribution in [1.82, 2.24) is 9.97 Å². The van der Waals surface area contributed by atoms with Crippen LogP contribution in [-0.2, 0) is 9.59 Å². The summed E-state index contributed by atoms with van der Waals surface area (Å²) in [4.78, 5) is 34.1. The van der Waals surface area contributed by atoms with E-state index >= 15 is 0 Å². The molecule has 0 radical (unpaired) electrons. The number of anilines is 1. The molecule has 5 nitrogen and oxygen atoms in total. The van der Waals surface area contributed by atoms with E-state index in [1.807, 2.05) is 0 Å². The first-order valence-electron chi connectivity index (χ1n) is 6.26. The molecule has 0 saturated carbocycles. The molecule has 6 heteroatoms. The van der Waals surface area contributed by atoms with Crippen LogP contribution in [-0.4, -0.2) is 34.0 Å². The molecule has 1 aromatic rings. The van der Waals surface area contributed by atoms with Gasteiger partial charge >= 0.3 is 0 Å². The second-order valence-corrected chi connectivity index (χ2v) is 5.66. The van der Waals surface area contributed by atoms with E-state index in [0.717, 1.165) is 37.7 Å². The van der Waals surface area contributed by atoms with Gasteiger partial charge in [-0.05, 0) is 36.7 Å². The number of carbonyl (C=O) groups excluding carboxylic acids is 2. The summed E-state index contributed by atoms with van der Waals surface area (Å²) in [6.45, 7) is 1.96. The Balaban J connectivity index is 1.85. The Morgan fingerprint density at radius 1 is 1.26 bits per heavy atom. The van der Waals surface area contributed by atoms with Crippen molar-refractivity contribution in [3.8, 4) is 0 Å². The zero-order valence-corrected chi connectivity index (χ0v) is 11.2. The summed E-state index contributed by atoms with van der Waals surface area (Å²) in [5.41, 5.74) is 0.683. The van der Waals surface area contributed by atoms with Crippen molar-refractivity contribution in [2.45, 2.75) is 19.3 Å². The number of hydrogen-bond acceptors (Lipinski definition) is 6. The average Bonchev–Trinajstić information content (AvgIpc) is 3.01. The van der Waals surface area contributed by atoms with Gasteiger partial charge in [0.05, 0.1) is 17.0 Å². The third-order valence-electron chi connectivity index (χ3n) is 3.14. The van der Waals surface area contributed by atoms with Gasteiger partial charge in [-0.2, -0.15) is 0 Å². The Bertz CT molecular complexity index is 565. The topological polar surface area (TPSA) is 63.2 Å². The molecule has 98 valence electrons. The van der Waals surface area contributed by atoms with E-state index in [4.69, 9.17) is 0 Å². The minimum Gasteiger partial charge on any atom is -0.341 e. The lowest BCUT2D eigenvalue weighted by molar-refractivity contribution is -0.119. The highest BCUT2D eigenvalue weighted by atomic mass is 32.2. The molecule has 0 atom stereocenters. The van der Waals surface area contributed by atoms with Gasteiger partial charge in [0.15, 0.2) is 5.78 Å². The second kappa shape index (κ2) is 5.13. The van der Waals surface area contributed by atoms with E-state index in [1.165, 1.54) is 0 Å². The number of rotatable bonds is 2. The molecule has 3 heterocycles. The number of carbonyl (C=O) groups is 2. The summed E-state index contributed by atoms with van der Waals surface area (Å²) in [6, 6.07) is 1.75. The molecule has 2 fully saturated rings. The van der Waals surface area contributed by atoms with Gasteiger partial charge in [-0.3, -0.25) is 9.59 Å². The first-order chi connectivity index (χ1) is 9.22. The van der Waals surface area contributed by atoms with E-state index in [9.17, 15) is 9.59 Å². The van der Waals surface area contributed by atoms with Crippen LogP contribution in [0, 0.1) is 0 Å². The van der Waals surface area contributed by atoms with Gasteiger partial charge in [0.2, 0.25) is 11.1 Å². The van der Waals surface area contributed by atoms with Crippen molar-refractivity contribution in [2.75, 3.05) is 18.0 Å². The summed E-state index contributed by atoms with van der Waals surface area (Å²) in [5, 5.41) is -0.0925. The van der Waals surface area contributed by atoms with E-state index in [2.05, 4.69) is 14.9 Å². The first-order valence-corrected chi connectivity index (χ1v) is 7.07. The van der Waals surface area contributed by atoms with Gasteiger partial charge in [-0.15, -0.1) is 0 Å². The smallest absolute Gasteiger partial charge is 0.225 e.